The molecule has 0 radical (unpaired) electrons. The van der Waals surface area contributed by atoms with Crippen LogP contribution >= 0.6 is 0 Å². The third-order valence-corrected chi connectivity index (χ3v) is 5.23. The average Bonchev–Trinajstić information content (AvgIpc) is 2.71. The van der Waals surface area contributed by atoms with Gasteiger partial charge in [-0.3, -0.25) is 4.79 Å². The Kier molecular flexibility index (Phi) is 7.74. The summed E-state index contributed by atoms with van der Waals surface area (Å²) in [6.07, 6.45) is 0. The molecule has 156 valence electrons. The minimum Gasteiger partial charge on any atom is -0.484 e. The normalized spacial score (nSPS) is 11.2. The molecule has 0 atom stereocenters. The number of methoxy groups -OCH3 is 1. The van der Waals surface area contributed by atoms with E-state index in [1.165, 1.54) is 37.4 Å². The van der Waals surface area contributed by atoms with Crippen LogP contribution in [0.1, 0.15) is 24.2 Å². The number of hydrogen-bond acceptors (Lipinski definition) is 6. The van der Waals surface area contributed by atoms with Gasteiger partial charge >= 0.3 is 5.97 Å². The van der Waals surface area contributed by atoms with Gasteiger partial charge < -0.3 is 14.8 Å². The van der Waals surface area contributed by atoms with E-state index >= 15 is 0 Å². The Balaban J connectivity index is 1.95. The predicted molar refractivity (Wildman–Crippen MR) is 108 cm³/mol. The summed E-state index contributed by atoms with van der Waals surface area (Å²) in [7, 11) is -2.33. The first-order valence-corrected chi connectivity index (χ1v) is 10.4. The molecule has 2 aromatic carbocycles. The SMILES string of the molecule is COC(=O)c1ccccc1NC(=O)COc1ccc(S(=O)(=O)NCC(C)C)cc1. The van der Waals surface area contributed by atoms with E-state index in [-0.39, 0.29) is 23.0 Å². The number of carbonyl (C=O) groups excluding carboxylic acids is 2. The van der Waals surface area contributed by atoms with Crippen molar-refractivity contribution in [1.29, 1.82) is 0 Å². The highest BCUT2D eigenvalue weighted by atomic mass is 32.2. The lowest BCUT2D eigenvalue weighted by Gasteiger charge is -2.11. The number of para-hydroxylation sites is 1. The van der Waals surface area contributed by atoms with Gasteiger partial charge in [0.25, 0.3) is 5.91 Å². The second-order valence-electron chi connectivity index (χ2n) is 6.59. The van der Waals surface area contributed by atoms with Crippen molar-refractivity contribution in [3.8, 4) is 5.75 Å². The summed E-state index contributed by atoms with van der Waals surface area (Å²) < 4.78 is 36.9. The van der Waals surface area contributed by atoms with E-state index in [1.807, 2.05) is 13.8 Å². The zero-order valence-corrected chi connectivity index (χ0v) is 17.3. The van der Waals surface area contributed by atoms with Crippen molar-refractivity contribution >= 4 is 27.6 Å². The maximum Gasteiger partial charge on any atom is 0.339 e. The predicted octanol–water partition coefficient (Wildman–Crippen LogP) is 2.42. The lowest BCUT2D eigenvalue weighted by atomic mass is 10.2. The van der Waals surface area contributed by atoms with E-state index in [0.717, 1.165) is 0 Å². The van der Waals surface area contributed by atoms with Gasteiger partial charge in [-0.05, 0) is 42.3 Å². The molecule has 0 aliphatic rings. The summed E-state index contributed by atoms with van der Waals surface area (Å²) in [6, 6.07) is 12.2. The number of esters is 1. The van der Waals surface area contributed by atoms with Gasteiger partial charge in [-0.2, -0.15) is 0 Å². The maximum absolute atomic E-state index is 12.2. The van der Waals surface area contributed by atoms with Gasteiger partial charge in [0.15, 0.2) is 6.61 Å². The van der Waals surface area contributed by atoms with Gasteiger partial charge in [-0.1, -0.05) is 26.0 Å². The molecule has 0 saturated heterocycles. The minimum absolute atomic E-state index is 0.113. The van der Waals surface area contributed by atoms with Crippen molar-refractivity contribution in [1.82, 2.24) is 4.72 Å². The molecular formula is C20H24N2O6S. The number of nitrogens with one attached hydrogen (secondary N) is 2. The van der Waals surface area contributed by atoms with E-state index < -0.39 is 21.9 Å². The summed E-state index contributed by atoms with van der Waals surface area (Å²) >= 11 is 0. The number of sulfonamides is 1. The summed E-state index contributed by atoms with van der Waals surface area (Å²) in [4.78, 5) is 24.0. The monoisotopic (exact) mass is 420 g/mol. The molecule has 9 heteroatoms. The topological polar surface area (TPSA) is 111 Å². The van der Waals surface area contributed by atoms with Crippen molar-refractivity contribution in [2.75, 3.05) is 25.6 Å². The number of rotatable bonds is 9. The van der Waals surface area contributed by atoms with E-state index in [4.69, 9.17) is 4.74 Å². The lowest BCUT2D eigenvalue weighted by Crippen LogP contribution is -2.27. The van der Waals surface area contributed by atoms with Crippen LogP contribution in [0.5, 0.6) is 5.75 Å². The fourth-order valence-electron chi connectivity index (χ4n) is 2.29. The Hall–Kier alpha value is -2.91. The van der Waals surface area contributed by atoms with Crippen LogP contribution in [0, 0.1) is 5.92 Å². The summed E-state index contributed by atoms with van der Waals surface area (Å²) in [6.45, 7) is 3.85. The van der Waals surface area contributed by atoms with E-state index in [2.05, 4.69) is 14.8 Å². The summed E-state index contributed by atoms with van der Waals surface area (Å²) in [5, 5.41) is 2.59. The first-order valence-electron chi connectivity index (χ1n) is 8.92. The molecule has 2 aromatic rings. The van der Waals surface area contributed by atoms with Crippen LogP contribution in [-0.4, -0.2) is 40.6 Å². The number of anilines is 1. The zero-order valence-electron chi connectivity index (χ0n) is 16.5. The Bertz CT molecular complexity index is 955. The molecular weight excluding hydrogens is 396 g/mol. The third-order valence-electron chi connectivity index (χ3n) is 3.79. The van der Waals surface area contributed by atoms with Crippen molar-refractivity contribution in [2.45, 2.75) is 18.7 Å². The molecule has 0 aromatic heterocycles. The number of amides is 1. The van der Waals surface area contributed by atoms with Crippen LogP contribution in [0.25, 0.3) is 0 Å². The van der Waals surface area contributed by atoms with E-state index in [0.29, 0.717) is 18.0 Å². The molecule has 0 aliphatic heterocycles. The number of hydrogen-bond donors (Lipinski definition) is 2. The third kappa shape index (κ3) is 6.58. The van der Waals surface area contributed by atoms with Crippen LogP contribution in [0.3, 0.4) is 0 Å². The van der Waals surface area contributed by atoms with E-state index in [1.54, 1.807) is 18.2 Å². The van der Waals surface area contributed by atoms with Gasteiger partial charge in [-0.15, -0.1) is 0 Å². The van der Waals surface area contributed by atoms with Crippen molar-refractivity contribution in [3.63, 3.8) is 0 Å². The standard InChI is InChI=1S/C20H24N2O6S/c1-14(2)12-21-29(25,26)16-10-8-15(9-11-16)28-13-19(23)22-18-7-5-4-6-17(18)20(24)27-3/h4-11,14,21H,12-13H2,1-3H3,(H,22,23). The van der Waals surface area contributed by atoms with Gasteiger partial charge in [0.05, 0.1) is 23.3 Å². The maximum atomic E-state index is 12.2. The first kappa shape index (κ1) is 22.4. The van der Waals surface area contributed by atoms with Crippen LogP contribution in [0.15, 0.2) is 53.4 Å². The van der Waals surface area contributed by atoms with E-state index in [9.17, 15) is 18.0 Å². The molecule has 0 saturated carbocycles. The van der Waals surface area contributed by atoms with Crippen LogP contribution < -0.4 is 14.8 Å². The Morgan fingerprint density at radius 1 is 1.03 bits per heavy atom. The Labute approximate surface area is 170 Å². The average molecular weight is 420 g/mol. The lowest BCUT2D eigenvalue weighted by molar-refractivity contribution is -0.118. The van der Waals surface area contributed by atoms with Gasteiger partial charge in [0.1, 0.15) is 5.75 Å². The molecule has 0 aliphatic carbocycles. The van der Waals surface area contributed by atoms with Crippen molar-refractivity contribution in [2.24, 2.45) is 5.92 Å². The fraction of sp³-hybridized carbons (Fsp3) is 0.300. The number of benzene rings is 2. The molecule has 8 nitrogen and oxygen atoms in total. The fourth-order valence-corrected chi connectivity index (χ4v) is 3.50. The largest absolute Gasteiger partial charge is 0.484 e. The highest BCUT2D eigenvalue weighted by Crippen LogP contribution is 2.18. The van der Waals surface area contributed by atoms with Crippen molar-refractivity contribution in [3.05, 3.63) is 54.1 Å². The molecule has 29 heavy (non-hydrogen) atoms. The summed E-state index contributed by atoms with van der Waals surface area (Å²) in [5.74, 6) is -0.513. The molecule has 0 heterocycles. The highest BCUT2D eigenvalue weighted by Gasteiger charge is 2.15. The second-order valence-corrected chi connectivity index (χ2v) is 8.36. The van der Waals surface area contributed by atoms with Gasteiger partial charge in [-0.25, -0.2) is 17.9 Å². The molecule has 0 bridgehead atoms. The molecule has 0 unspecified atom stereocenters. The first-order chi connectivity index (χ1) is 13.7. The number of carbonyl (C=O) groups is 2. The molecule has 2 rings (SSSR count). The zero-order chi connectivity index (χ0) is 21.4. The van der Waals surface area contributed by atoms with Crippen LogP contribution in [0.4, 0.5) is 5.69 Å². The Morgan fingerprint density at radius 2 is 1.69 bits per heavy atom. The molecule has 0 spiro atoms. The molecule has 0 fully saturated rings. The van der Waals surface area contributed by atoms with Crippen LogP contribution in [0.2, 0.25) is 0 Å². The van der Waals surface area contributed by atoms with Gasteiger partial charge in [0.2, 0.25) is 10.0 Å². The minimum atomic E-state index is -3.59. The second kappa shape index (κ2) is 10.0. The van der Waals surface area contributed by atoms with Crippen LogP contribution in [-0.2, 0) is 19.6 Å². The number of ether oxygens (including phenoxy) is 2. The van der Waals surface area contributed by atoms with Gasteiger partial charge in [0, 0.05) is 6.54 Å². The summed E-state index contributed by atoms with van der Waals surface area (Å²) in [5.41, 5.74) is 0.539. The quantitative estimate of drug-likeness (QED) is 0.603. The smallest absolute Gasteiger partial charge is 0.339 e. The Morgan fingerprint density at radius 3 is 2.31 bits per heavy atom. The van der Waals surface area contributed by atoms with Crippen molar-refractivity contribution < 1.29 is 27.5 Å². The molecule has 1 amide bonds. The molecule has 2 N–H and O–H groups in total. The highest BCUT2D eigenvalue weighted by molar-refractivity contribution is 7.89.